The second-order valence-corrected chi connectivity index (χ2v) is 9.58. The van der Waals surface area contributed by atoms with Crippen LogP contribution in [0.2, 0.25) is 0 Å². The average Bonchev–Trinajstić information content (AvgIpc) is 3.30. The molecule has 0 aliphatic rings. The Morgan fingerprint density at radius 2 is 1.89 bits per heavy atom. The lowest BCUT2D eigenvalue weighted by molar-refractivity contribution is 0.0952. The fourth-order valence-corrected chi connectivity index (χ4v) is 4.30. The summed E-state index contributed by atoms with van der Waals surface area (Å²) in [6, 6.07) is 16.5. The number of amides is 1. The van der Waals surface area contributed by atoms with Gasteiger partial charge in [-0.2, -0.15) is 5.10 Å². The monoisotopic (exact) mass is 487 g/mol. The smallest absolute Gasteiger partial charge is 0.252 e. The summed E-state index contributed by atoms with van der Waals surface area (Å²) < 4.78 is 15.4. The van der Waals surface area contributed by atoms with Crippen molar-refractivity contribution in [3.8, 4) is 11.3 Å². The summed E-state index contributed by atoms with van der Waals surface area (Å²) in [7, 11) is 2.13. The number of pyridine rings is 1. The molecule has 0 unspecified atom stereocenters. The molecule has 1 amide bonds. The Labute approximate surface area is 212 Å². The second kappa shape index (κ2) is 11.4. The SMILES string of the molecule is CCCCN(C)Cc1cccc(-c2cc(C(=O)NCc3cccc(F)c3)c3cnn(C(C)C)c3n2)c1. The van der Waals surface area contributed by atoms with Gasteiger partial charge in [0.05, 0.1) is 22.8 Å². The number of unbranched alkanes of at least 4 members (excludes halogenated alkanes) is 1. The topological polar surface area (TPSA) is 63.1 Å². The molecule has 36 heavy (non-hydrogen) atoms. The zero-order chi connectivity index (χ0) is 25.7. The lowest BCUT2D eigenvalue weighted by atomic mass is 10.0. The Bertz CT molecular complexity index is 1350. The zero-order valence-corrected chi connectivity index (χ0v) is 21.5. The van der Waals surface area contributed by atoms with Crippen molar-refractivity contribution in [2.24, 2.45) is 0 Å². The first kappa shape index (κ1) is 25.5. The van der Waals surface area contributed by atoms with Crippen molar-refractivity contribution in [2.45, 2.75) is 52.7 Å². The first-order valence-electron chi connectivity index (χ1n) is 12.5. The molecule has 4 aromatic rings. The molecule has 4 rings (SSSR count). The Balaban J connectivity index is 1.68. The van der Waals surface area contributed by atoms with Gasteiger partial charge < -0.3 is 10.2 Å². The molecule has 2 aromatic heterocycles. The van der Waals surface area contributed by atoms with E-state index in [1.807, 2.05) is 36.7 Å². The van der Waals surface area contributed by atoms with E-state index in [1.54, 1.807) is 18.3 Å². The molecule has 0 spiro atoms. The Morgan fingerprint density at radius 3 is 2.64 bits per heavy atom. The number of hydrogen-bond acceptors (Lipinski definition) is 4. The average molecular weight is 488 g/mol. The largest absolute Gasteiger partial charge is 0.348 e. The van der Waals surface area contributed by atoms with Crippen LogP contribution in [-0.4, -0.2) is 39.2 Å². The molecule has 0 saturated carbocycles. The van der Waals surface area contributed by atoms with Crippen molar-refractivity contribution in [3.63, 3.8) is 0 Å². The van der Waals surface area contributed by atoms with Crippen LogP contribution < -0.4 is 5.32 Å². The Hall–Kier alpha value is -3.58. The minimum atomic E-state index is -0.325. The van der Waals surface area contributed by atoms with Crippen molar-refractivity contribution >= 4 is 16.9 Å². The van der Waals surface area contributed by atoms with Gasteiger partial charge in [0.1, 0.15) is 5.82 Å². The second-order valence-electron chi connectivity index (χ2n) is 9.58. The fraction of sp³-hybridized carbons (Fsp3) is 0.345. The minimum Gasteiger partial charge on any atom is -0.348 e. The summed E-state index contributed by atoms with van der Waals surface area (Å²) in [5, 5.41) is 8.13. The maximum Gasteiger partial charge on any atom is 0.252 e. The van der Waals surface area contributed by atoms with Crippen LogP contribution in [0.15, 0.2) is 60.8 Å². The van der Waals surface area contributed by atoms with Crippen LogP contribution in [0.4, 0.5) is 4.39 Å². The van der Waals surface area contributed by atoms with Crippen LogP contribution in [0.3, 0.4) is 0 Å². The van der Waals surface area contributed by atoms with Gasteiger partial charge in [0, 0.05) is 24.7 Å². The predicted octanol–water partition coefficient (Wildman–Crippen LogP) is 5.98. The quantitative estimate of drug-likeness (QED) is 0.299. The molecule has 6 nitrogen and oxygen atoms in total. The van der Waals surface area contributed by atoms with E-state index in [2.05, 4.69) is 41.4 Å². The molecule has 0 aliphatic heterocycles. The van der Waals surface area contributed by atoms with E-state index in [-0.39, 0.29) is 24.3 Å². The highest BCUT2D eigenvalue weighted by Crippen LogP contribution is 2.27. The summed E-state index contributed by atoms with van der Waals surface area (Å²) in [6.45, 7) is 8.40. The van der Waals surface area contributed by atoms with Gasteiger partial charge in [-0.15, -0.1) is 0 Å². The lowest BCUT2D eigenvalue weighted by Gasteiger charge is -2.17. The maximum atomic E-state index is 13.6. The van der Waals surface area contributed by atoms with Gasteiger partial charge in [0.15, 0.2) is 5.65 Å². The molecule has 0 bridgehead atoms. The number of fused-ring (bicyclic) bond motifs is 1. The van der Waals surface area contributed by atoms with E-state index >= 15 is 0 Å². The van der Waals surface area contributed by atoms with Crippen molar-refractivity contribution in [2.75, 3.05) is 13.6 Å². The number of hydrogen-bond donors (Lipinski definition) is 1. The number of nitrogens with one attached hydrogen (secondary N) is 1. The van der Waals surface area contributed by atoms with Crippen LogP contribution in [0.1, 0.15) is 61.1 Å². The van der Waals surface area contributed by atoms with E-state index in [4.69, 9.17) is 4.98 Å². The van der Waals surface area contributed by atoms with Crippen LogP contribution in [-0.2, 0) is 13.1 Å². The molecular formula is C29H34FN5O. The highest BCUT2D eigenvalue weighted by Gasteiger charge is 2.19. The van der Waals surface area contributed by atoms with Gasteiger partial charge in [-0.3, -0.25) is 4.79 Å². The molecule has 0 fully saturated rings. The Kier molecular flexibility index (Phi) is 8.10. The number of carbonyl (C=O) groups is 1. The minimum absolute atomic E-state index is 0.0898. The summed E-state index contributed by atoms with van der Waals surface area (Å²) in [5.41, 5.74) is 4.75. The summed E-state index contributed by atoms with van der Waals surface area (Å²) in [6.07, 6.45) is 4.03. The van der Waals surface area contributed by atoms with Crippen molar-refractivity contribution in [1.82, 2.24) is 25.0 Å². The van der Waals surface area contributed by atoms with Gasteiger partial charge in [0.25, 0.3) is 5.91 Å². The summed E-state index contributed by atoms with van der Waals surface area (Å²) in [5.74, 6) is -0.569. The number of carbonyl (C=O) groups excluding carboxylic acids is 1. The van der Waals surface area contributed by atoms with E-state index in [0.717, 1.165) is 24.3 Å². The van der Waals surface area contributed by atoms with Crippen molar-refractivity contribution < 1.29 is 9.18 Å². The number of rotatable bonds is 10. The third kappa shape index (κ3) is 5.97. The molecule has 0 saturated heterocycles. The van der Waals surface area contributed by atoms with E-state index in [1.165, 1.54) is 30.5 Å². The highest BCUT2D eigenvalue weighted by molar-refractivity contribution is 6.06. The van der Waals surface area contributed by atoms with Crippen molar-refractivity contribution in [1.29, 1.82) is 0 Å². The van der Waals surface area contributed by atoms with E-state index in [0.29, 0.717) is 22.2 Å². The van der Waals surface area contributed by atoms with Gasteiger partial charge in [-0.1, -0.05) is 43.7 Å². The number of halogens is 1. The normalized spacial score (nSPS) is 11.5. The zero-order valence-electron chi connectivity index (χ0n) is 21.5. The number of nitrogens with zero attached hydrogens (tertiary/aromatic N) is 4. The standard InChI is InChI=1S/C29H34FN5O/c1-5-6-13-34(4)19-22-10-7-11-23(14-22)27-16-25(26-18-32-35(20(2)3)28(26)33-27)29(36)31-17-21-9-8-12-24(30)15-21/h7-12,14-16,18,20H,5-6,13,17,19H2,1-4H3,(H,31,36). The summed E-state index contributed by atoms with van der Waals surface area (Å²) in [4.78, 5) is 20.6. The fourth-order valence-electron chi connectivity index (χ4n) is 4.30. The van der Waals surface area contributed by atoms with Gasteiger partial charge in [-0.25, -0.2) is 14.1 Å². The highest BCUT2D eigenvalue weighted by atomic mass is 19.1. The van der Waals surface area contributed by atoms with Crippen LogP contribution in [0, 0.1) is 5.82 Å². The van der Waals surface area contributed by atoms with E-state index in [9.17, 15) is 9.18 Å². The number of aromatic nitrogens is 3. The third-order valence-electron chi connectivity index (χ3n) is 6.21. The van der Waals surface area contributed by atoms with Gasteiger partial charge in [-0.05, 0) is 69.3 Å². The van der Waals surface area contributed by atoms with Crippen LogP contribution in [0.5, 0.6) is 0 Å². The third-order valence-corrected chi connectivity index (χ3v) is 6.21. The van der Waals surface area contributed by atoms with Crippen molar-refractivity contribution in [3.05, 3.63) is 83.3 Å². The molecule has 2 aromatic carbocycles. The van der Waals surface area contributed by atoms with Gasteiger partial charge >= 0.3 is 0 Å². The molecular weight excluding hydrogens is 453 g/mol. The first-order chi connectivity index (χ1) is 17.4. The van der Waals surface area contributed by atoms with Crippen LogP contribution in [0.25, 0.3) is 22.3 Å². The maximum absolute atomic E-state index is 13.6. The molecule has 0 atom stereocenters. The van der Waals surface area contributed by atoms with Crippen LogP contribution >= 0.6 is 0 Å². The van der Waals surface area contributed by atoms with Gasteiger partial charge in [0.2, 0.25) is 0 Å². The molecule has 0 aliphatic carbocycles. The predicted molar refractivity (Wildman–Crippen MR) is 142 cm³/mol. The number of benzene rings is 2. The molecule has 2 heterocycles. The first-order valence-corrected chi connectivity index (χ1v) is 12.5. The molecule has 188 valence electrons. The molecule has 7 heteroatoms. The molecule has 0 radical (unpaired) electrons. The summed E-state index contributed by atoms with van der Waals surface area (Å²) >= 11 is 0. The van der Waals surface area contributed by atoms with E-state index < -0.39 is 0 Å². The molecule has 1 N–H and O–H groups in total. The lowest BCUT2D eigenvalue weighted by Crippen LogP contribution is -2.23. The Morgan fingerprint density at radius 1 is 1.11 bits per heavy atom.